The van der Waals surface area contributed by atoms with E-state index in [9.17, 15) is 0 Å². The predicted molar refractivity (Wildman–Crippen MR) is 67.2 cm³/mol. The third-order valence-electron chi connectivity index (χ3n) is 3.25. The fourth-order valence-corrected chi connectivity index (χ4v) is 2.54. The lowest BCUT2D eigenvalue weighted by Crippen LogP contribution is -2.43. The van der Waals surface area contributed by atoms with Gasteiger partial charge in [-0.3, -0.25) is 4.90 Å². The van der Waals surface area contributed by atoms with Gasteiger partial charge in [-0.2, -0.15) is 0 Å². The lowest BCUT2D eigenvalue weighted by molar-refractivity contribution is 0.124. The van der Waals surface area contributed by atoms with E-state index >= 15 is 0 Å². The highest BCUT2D eigenvalue weighted by molar-refractivity contribution is 4.79. The molecule has 1 unspecified atom stereocenters. The van der Waals surface area contributed by atoms with E-state index in [1.807, 2.05) is 0 Å². The van der Waals surface area contributed by atoms with Crippen LogP contribution in [0.15, 0.2) is 0 Å². The maximum Gasteiger partial charge on any atom is 0.0111 e. The van der Waals surface area contributed by atoms with Crippen LogP contribution in [0, 0.1) is 5.92 Å². The second kappa shape index (κ2) is 6.49. The summed E-state index contributed by atoms with van der Waals surface area (Å²) in [5.74, 6) is 0.781. The molecule has 0 aliphatic carbocycles. The van der Waals surface area contributed by atoms with E-state index in [0.29, 0.717) is 6.04 Å². The van der Waals surface area contributed by atoms with Crippen LogP contribution in [-0.4, -0.2) is 36.6 Å². The first-order chi connectivity index (χ1) is 7.11. The van der Waals surface area contributed by atoms with Crippen LogP contribution in [0.4, 0.5) is 0 Å². The minimum Gasteiger partial charge on any atom is -0.317 e. The van der Waals surface area contributed by atoms with Crippen molar-refractivity contribution in [2.45, 2.75) is 59.0 Å². The smallest absolute Gasteiger partial charge is 0.0111 e. The molecule has 1 saturated heterocycles. The molecule has 0 saturated carbocycles. The Morgan fingerprint density at radius 1 is 1.13 bits per heavy atom. The molecular weight excluding hydrogens is 184 g/mol. The normalized spacial score (nSPS) is 23.8. The van der Waals surface area contributed by atoms with Gasteiger partial charge >= 0.3 is 0 Å². The van der Waals surface area contributed by atoms with Gasteiger partial charge in [0.2, 0.25) is 0 Å². The average molecular weight is 212 g/mol. The highest BCUT2D eigenvalue weighted by Crippen LogP contribution is 2.17. The maximum atomic E-state index is 3.50. The highest BCUT2D eigenvalue weighted by atomic mass is 15.2. The van der Waals surface area contributed by atoms with E-state index in [2.05, 4.69) is 37.9 Å². The summed E-state index contributed by atoms with van der Waals surface area (Å²) in [6.45, 7) is 13.0. The molecule has 1 rings (SSSR count). The van der Waals surface area contributed by atoms with Crippen LogP contribution in [0.3, 0.4) is 0 Å². The predicted octanol–water partition coefficient (Wildman–Crippen LogP) is 2.49. The molecule has 1 aliphatic heterocycles. The van der Waals surface area contributed by atoms with E-state index in [1.54, 1.807) is 0 Å². The molecule has 0 amide bonds. The van der Waals surface area contributed by atoms with Crippen molar-refractivity contribution in [2.75, 3.05) is 19.6 Å². The molecule has 0 spiro atoms. The molecule has 0 bridgehead atoms. The fourth-order valence-electron chi connectivity index (χ4n) is 2.54. The van der Waals surface area contributed by atoms with Gasteiger partial charge in [0.05, 0.1) is 0 Å². The highest BCUT2D eigenvalue weighted by Gasteiger charge is 2.22. The van der Waals surface area contributed by atoms with Gasteiger partial charge in [-0.15, -0.1) is 0 Å². The monoisotopic (exact) mass is 212 g/mol. The fraction of sp³-hybridized carbons (Fsp3) is 1.00. The number of nitrogens with zero attached hydrogens (tertiary/aromatic N) is 1. The molecule has 15 heavy (non-hydrogen) atoms. The molecule has 1 N–H and O–H groups in total. The standard InChI is InChI=1S/C13H28N2/c1-11(2)10-15(12(3)4)13-6-5-8-14-9-7-13/h11-14H,5-10H2,1-4H3. The lowest BCUT2D eigenvalue weighted by Gasteiger charge is -2.35. The Kier molecular flexibility index (Phi) is 5.62. The first-order valence-electron chi connectivity index (χ1n) is 6.57. The van der Waals surface area contributed by atoms with E-state index in [4.69, 9.17) is 0 Å². The average Bonchev–Trinajstić information content (AvgIpc) is 2.41. The molecule has 0 radical (unpaired) electrons. The van der Waals surface area contributed by atoms with E-state index in [-0.39, 0.29) is 0 Å². The Balaban J connectivity index is 2.52. The zero-order valence-corrected chi connectivity index (χ0v) is 10.9. The summed E-state index contributed by atoms with van der Waals surface area (Å²) in [5.41, 5.74) is 0. The summed E-state index contributed by atoms with van der Waals surface area (Å²) < 4.78 is 0. The molecule has 1 heterocycles. The van der Waals surface area contributed by atoms with E-state index < -0.39 is 0 Å². The summed E-state index contributed by atoms with van der Waals surface area (Å²) in [5, 5.41) is 3.50. The zero-order valence-electron chi connectivity index (χ0n) is 10.9. The minimum absolute atomic E-state index is 0.690. The first-order valence-corrected chi connectivity index (χ1v) is 6.57. The Hall–Kier alpha value is -0.0800. The molecule has 1 aliphatic rings. The summed E-state index contributed by atoms with van der Waals surface area (Å²) in [4.78, 5) is 2.71. The quantitative estimate of drug-likeness (QED) is 0.770. The Morgan fingerprint density at radius 3 is 2.47 bits per heavy atom. The zero-order chi connectivity index (χ0) is 11.3. The van der Waals surface area contributed by atoms with Crippen molar-refractivity contribution in [1.29, 1.82) is 0 Å². The van der Waals surface area contributed by atoms with Crippen LogP contribution in [0.25, 0.3) is 0 Å². The van der Waals surface area contributed by atoms with Crippen LogP contribution in [-0.2, 0) is 0 Å². The molecule has 90 valence electrons. The number of hydrogen-bond acceptors (Lipinski definition) is 2. The molecule has 0 aromatic heterocycles. The van der Waals surface area contributed by atoms with Gasteiger partial charge in [0.1, 0.15) is 0 Å². The second-order valence-electron chi connectivity index (χ2n) is 5.52. The Bertz CT molecular complexity index is 158. The van der Waals surface area contributed by atoms with Crippen LogP contribution >= 0.6 is 0 Å². The van der Waals surface area contributed by atoms with Crippen molar-refractivity contribution in [3.63, 3.8) is 0 Å². The minimum atomic E-state index is 0.690. The molecule has 1 fully saturated rings. The van der Waals surface area contributed by atoms with Crippen LogP contribution in [0.5, 0.6) is 0 Å². The van der Waals surface area contributed by atoms with E-state index in [1.165, 1.54) is 38.9 Å². The SMILES string of the molecule is CC(C)CN(C(C)C)C1CCCNCC1. The van der Waals surface area contributed by atoms with Crippen molar-refractivity contribution in [3.8, 4) is 0 Å². The second-order valence-corrected chi connectivity index (χ2v) is 5.52. The Morgan fingerprint density at radius 2 is 1.87 bits per heavy atom. The molecular formula is C13H28N2. The van der Waals surface area contributed by atoms with Crippen molar-refractivity contribution < 1.29 is 0 Å². The summed E-state index contributed by atoms with van der Waals surface area (Å²) >= 11 is 0. The van der Waals surface area contributed by atoms with Gasteiger partial charge in [0.25, 0.3) is 0 Å². The van der Waals surface area contributed by atoms with Crippen molar-refractivity contribution in [1.82, 2.24) is 10.2 Å². The molecule has 2 nitrogen and oxygen atoms in total. The van der Waals surface area contributed by atoms with Crippen molar-refractivity contribution in [3.05, 3.63) is 0 Å². The first kappa shape index (κ1) is 13.0. The third-order valence-corrected chi connectivity index (χ3v) is 3.25. The number of rotatable bonds is 4. The third kappa shape index (κ3) is 4.52. The van der Waals surface area contributed by atoms with Crippen molar-refractivity contribution >= 4 is 0 Å². The largest absolute Gasteiger partial charge is 0.317 e. The molecule has 2 heteroatoms. The molecule has 0 aromatic rings. The maximum absolute atomic E-state index is 3.50. The van der Waals surface area contributed by atoms with E-state index in [0.717, 1.165) is 12.0 Å². The van der Waals surface area contributed by atoms with Crippen molar-refractivity contribution in [2.24, 2.45) is 5.92 Å². The van der Waals surface area contributed by atoms with Crippen LogP contribution in [0.2, 0.25) is 0 Å². The van der Waals surface area contributed by atoms with Gasteiger partial charge in [0.15, 0.2) is 0 Å². The Labute approximate surface area is 95.4 Å². The topological polar surface area (TPSA) is 15.3 Å². The summed E-state index contributed by atoms with van der Waals surface area (Å²) in [6, 6.07) is 1.50. The van der Waals surface area contributed by atoms with Gasteiger partial charge in [-0.1, -0.05) is 13.8 Å². The van der Waals surface area contributed by atoms with Crippen LogP contribution < -0.4 is 5.32 Å². The molecule has 0 aromatic carbocycles. The van der Waals surface area contributed by atoms with Gasteiger partial charge in [0, 0.05) is 18.6 Å². The van der Waals surface area contributed by atoms with Crippen LogP contribution in [0.1, 0.15) is 47.0 Å². The van der Waals surface area contributed by atoms with Gasteiger partial charge < -0.3 is 5.32 Å². The summed E-state index contributed by atoms with van der Waals surface area (Å²) in [7, 11) is 0. The lowest BCUT2D eigenvalue weighted by atomic mass is 10.0. The molecule has 1 atom stereocenters. The summed E-state index contributed by atoms with van der Waals surface area (Å²) in [6.07, 6.45) is 4.04. The number of hydrogen-bond donors (Lipinski definition) is 1. The van der Waals surface area contributed by atoms with Gasteiger partial charge in [-0.05, 0) is 52.1 Å². The number of nitrogens with one attached hydrogen (secondary N) is 1. The van der Waals surface area contributed by atoms with Gasteiger partial charge in [-0.25, -0.2) is 0 Å².